The van der Waals surface area contributed by atoms with Crippen molar-refractivity contribution in [1.82, 2.24) is 35.4 Å². The van der Waals surface area contributed by atoms with Gasteiger partial charge in [0.05, 0.1) is 32.2 Å². The molecular formula is C51H69N7O9. The van der Waals surface area contributed by atoms with Crippen LogP contribution in [-0.2, 0) is 41.4 Å². The zero-order valence-electron chi connectivity index (χ0n) is 40.4. The maximum Gasteiger partial charge on any atom is 0.407 e. The molecule has 0 spiro atoms. The Hall–Kier alpha value is -5.74. The molecule has 2 saturated heterocycles. The minimum Gasteiger partial charge on any atom is -0.453 e. The van der Waals surface area contributed by atoms with Crippen molar-refractivity contribution in [3.8, 4) is 33.6 Å². The van der Waals surface area contributed by atoms with Crippen LogP contribution >= 0.6 is 0 Å². The lowest BCUT2D eigenvalue weighted by Crippen LogP contribution is -2.55. The summed E-state index contributed by atoms with van der Waals surface area (Å²) in [5.74, 6) is 0.576. The molecule has 2 fully saturated rings. The number of aromatic nitrogens is 3. The number of fused-ring (bicyclic) bond motifs is 1. The third kappa shape index (κ3) is 10.9. The Balaban J connectivity index is 1.09. The second-order valence-electron chi connectivity index (χ2n) is 18.3. The predicted molar refractivity (Wildman–Crippen MR) is 253 cm³/mol. The molecule has 2 aromatic carbocycles. The summed E-state index contributed by atoms with van der Waals surface area (Å²) in [6, 6.07) is 10.1. The number of ether oxygens (including phenoxy) is 4. The lowest BCUT2D eigenvalue weighted by molar-refractivity contribution is -0.141. The van der Waals surface area contributed by atoms with Gasteiger partial charge in [-0.3, -0.25) is 9.59 Å². The molecule has 7 rings (SSSR count). The quantitative estimate of drug-likeness (QED) is 0.0920. The van der Waals surface area contributed by atoms with Gasteiger partial charge in [-0.1, -0.05) is 50.2 Å². The molecule has 3 N–H and O–H groups in total. The molecule has 0 bridgehead atoms. The molecule has 2 aromatic heterocycles. The summed E-state index contributed by atoms with van der Waals surface area (Å²) in [4.78, 5) is 70.7. The van der Waals surface area contributed by atoms with E-state index in [4.69, 9.17) is 33.3 Å². The van der Waals surface area contributed by atoms with Crippen molar-refractivity contribution >= 4 is 24.0 Å². The Kier molecular flexibility index (Phi) is 16.4. The van der Waals surface area contributed by atoms with E-state index in [9.17, 15) is 19.2 Å². The van der Waals surface area contributed by atoms with Crippen molar-refractivity contribution in [1.29, 1.82) is 0 Å². The summed E-state index contributed by atoms with van der Waals surface area (Å²) >= 11 is 0. The van der Waals surface area contributed by atoms with Crippen LogP contribution < -0.4 is 10.6 Å². The van der Waals surface area contributed by atoms with Gasteiger partial charge in [-0.15, -0.1) is 0 Å². The number of imidazole rings is 1. The van der Waals surface area contributed by atoms with Crippen molar-refractivity contribution in [2.45, 2.75) is 136 Å². The second-order valence-corrected chi connectivity index (χ2v) is 18.3. The maximum absolute atomic E-state index is 14.4. The Labute approximate surface area is 394 Å². The number of nitrogens with one attached hydrogen (secondary N) is 3. The lowest BCUT2D eigenvalue weighted by Gasteiger charge is -2.39. The number of oxazole rings is 1. The van der Waals surface area contributed by atoms with Crippen molar-refractivity contribution in [3.63, 3.8) is 0 Å². The van der Waals surface area contributed by atoms with Crippen molar-refractivity contribution in [3.05, 3.63) is 71.7 Å². The van der Waals surface area contributed by atoms with Gasteiger partial charge in [-0.2, -0.15) is 0 Å². The minimum absolute atomic E-state index is 0.0728. The number of alkyl carbamates (subject to hydrolysis) is 2. The first-order valence-corrected chi connectivity index (χ1v) is 24.1. The molecule has 0 radical (unpaired) electrons. The molecule has 16 nitrogen and oxygen atoms in total. The maximum atomic E-state index is 14.4. The molecule has 362 valence electrons. The molecule has 4 aromatic rings. The highest BCUT2D eigenvalue weighted by atomic mass is 16.5. The molecule has 6 unspecified atom stereocenters. The highest BCUT2D eigenvalue weighted by Crippen LogP contribution is 2.40. The zero-order valence-corrected chi connectivity index (χ0v) is 40.4. The Morgan fingerprint density at radius 1 is 0.716 bits per heavy atom. The van der Waals surface area contributed by atoms with Crippen LogP contribution in [0.25, 0.3) is 33.6 Å². The van der Waals surface area contributed by atoms with E-state index >= 15 is 0 Å². The van der Waals surface area contributed by atoms with Gasteiger partial charge < -0.3 is 48.8 Å². The summed E-state index contributed by atoms with van der Waals surface area (Å²) in [5.41, 5.74) is 8.36. The fourth-order valence-corrected chi connectivity index (χ4v) is 10.1. The fraction of sp³-hybridized carbons (Fsp3) is 0.569. The van der Waals surface area contributed by atoms with Crippen LogP contribution in [0.15, 0.2) is 53.3 Å². The summed E-state index contributed by atoms with van der Waals surface area (Å²) in [6.45, 7) is 14.1. The first-order chi connectivity index (χ1) is 32.4. The van der Waals surface area contributed by atoms with Crippen LogP contribution in [0.2, 0.25) is 0 Å². The van der Waals surface area contributed by atoms with Gasteiger partial charge in [-0.05, 0) is 125 Å². The number of methoxy groups -OCH3 is 2. The first-order valence-electron chi connectivity index (χ1n) is 24.1. The van der Waals surface area contributed by atoms with Crippen molar-refractivity contribution in [2.75, 3.05) is 40.6 Å². The monoisotopic (exact) mass is 924 g/mol. The van der Waals surface area contributed by atoms with E-state index in [0.29, 0.717) is 70.2 Å². The Bertz CT molecular complexity index is 2320. The molecule has 67 heavy (non-hydrogen) atoms. The Morgan fingerprint density at radius 2 is 1.21 bits per heavy atom. The number of nitrogens with zero attached hydrogens (tertiary/aromatic N) is 4. The molecule has 16 heteroatoms. The van der Waals surface area contributed by atoms with Crippen LogP contribution in [0.5, 0.6) is 0 Å². The largest absolute Gasteiger partial charge is 0.453 e. The number of rotatable bonds is 17. The van der Waals surface area contributed by atoms with Gasteiger partial charge in [0.1, 0.15) is 35.9 Å². The van der Waals surface area contributed by atoms with Gasteiger partial charge >= 0.3 is 12.2 Å². The SMILES string of the molecule is CCC(C)N(C(=O)C(NC(=O)OC)C1CCOCC1)C(C)c1ncc(-c2ccc(-c3ccc(-c4coc(C(C)N(C(=O)C(NC(=O)OC)C5CCOCC5)C(C)CC)n4)c4c3CCC4)cc2)[nH]1. The predicted octanol–water partition coefficient (Wildman–Crippen LogP) is 8.57. The van der Waals surface area contributed by atoms with Gasteiger partial charge in [-0.25, -0.2) is 19.6 Å². The van der Waals surface area contributed by atoms with Crippen LogP contribution in [0.4, 0.5) is 9.59 Å². The third-order valence-electron chi connectivity index (χ3n) is 14.3. The average molecular weight is 924 g/mol. The molecule has 4 heterocycles. The number of amides is 4. The molecule has 2 aliphatic heterocycles. The van der Waals surface area contributed by atoms with Crippen LogP contribution in [0, 0.1) is 11.8 Å². The van der Waals surface area contributed by atoms with Gasteiger partial charge in [0.25, 0.3) is 0 Å². The van der Waals surface area contributed by atoms with Crippen molar-refractivity contribution in [2.24, 2.45) is 11.8 Å². The smallest absolute Gasteiger partial charge is 0.407 e. The van der Waals surface area contributed by atoms with E-state index in [1.165, 1.54) is 30.9 Å². The summed E-state index contributed by atoms with van der Waals surface area (Å²) in [5, 5.41) is 5.67. The van der Waals surface area contributed by atoms with Crippen molar-refractivity contribution < 1.29 is 42.5 Å². The number of hydrogen-bond donors (Lipinski definition) is 3. The van der Waals surface area contributed by atoms with Crippen LogP contribution in [0.1, 0.15) is 121 Å². The summed E-state index contributed by atoms with van der Waals surface area (Å²) in [7, 11) is 2.61. The molecule has 1 aliphatic carbocycles. The number of carbonyl (C=O) groups is 4. The lowest BCUT2D eigenvalue weighted by atomic mass is 9.90. The normalized spacial score (nSPS) is 18.1. The van der Waals surface area contributed by atoms with E-state index < -0.39 is 36.4 Å². The summed E-state index contributed by atoms with van der Waals surface area (Å²) < 4.78 is 27.2. The van der Waals surface area contributed by atoms with Crippen LogP contribution in [0.3, 0.4) is 0 Å². The topological polar surface area (TPSA) is 190 Å². The van der Waals surface area contributed by atoms with Gasteiger partial charge in [0.2, 0.25) is 17.7 Å². The molecule has 3 aliphatic rings. The van der Waals surface area contributed by atoms with E-state index in [0.717, 1.165) is 53.8 Å². The number of hydrogen-bond acceptors (Lipinski definition) is 11. The molecular weight excluding hydrogens is 855 g/mol. The molecule has 6 atom stereocenters. The fourth-order valence-electron chi connectivity index (χ4n) is 10.1. The average Bonchev–Trinajstić information content (AvgIpc) is 4.18. The zero-order chi connectivity index (χ0) is 47.8. The molecule has 0 saturated carbocycles. The third-order valence-corrected chi connectivity index (χ3v) is 14.3. The van der Waals surface area contributed by atoms with Gasteiger partial charge in [0, 0.05) is 44.1 Å². The standard InChI is InChI=1S/C51H69N7O9/c1-9-30(3)57(48(59)44(55-50(61)63-7)36-20-24-65-25-21-36)32(5)46-52-28-42(53-46)35-16-14-34(15-17-35)38-18-19-41(40-13-11-12-39(38)40)43-29-67-47(54-43)33(6)58(31(4)10-2)49(60)45(56-51(62)64-8)37-22-26-66-27-23-37/h14-19,28-33,36-37,44-45H,9-13,20-27H2,1-8H3,(H,52,53)(H,55,61)(H,56,62). The molecule has 4 amide bonds. The van der Waals surface area contributed by atoms with Gasteiger partial charge in [0.15, 0.2) is 0 Å². The highest BCUT2D eigenvalue weighted by molar-refractivity contribution is 5.87. The number of benzene rings is 2. The highest BCUT2D eigenvalue weighted by Gasteiger charge is 2.41. The number of aromatic amines is 1. The van der Waals surface area contributed by atoms with E-state index in [2.05, 4.69) is 52.0 Å². The first kappa shape index (κ1) is 49.2. The second kappa shape index (κ2) is 22.4. The van der Waals surface area contributed by atoms with Crippen LogP contribution in [-0.4, -0.2) is 114 Å². The van der Waals surface area contributed by atoms with E-state index in [1.807, 2.05) is 52.6 Å². The number of carbonyl (C=O) groups excluding carboxylic acids is 4. The van der Waals surface area contributed by atoms with E-state index in [1.54, 1.807) is 11.2 Å². The van der Waals surface area contributed by atoms with E-state index in [-0.39, 0.29) is 35.7 Å². The number of H-pyrrole nitrogens is 1. The minimum atomic E-state index is -0.768. The summed E-state index contributed by atoms with van der Waals surface area (Å²) in [6.07, 6.45) is 9.18. The Morgan fingerprint density at radius 3 is 1.73 bits per heavy atom.